The van der Waals surface area contributed by atoms with Crippen LogP contribution in [0.3, 0.4) is 0 Å². The van der Waals surface area contributed by atoms with Crippen molar-refractivity contribution in [3.63, 3.8) is 0 Å². The Labute approximate surface area is 193 Å². The van der Waals surface area contributed by atoms with Crippen molar-refractivity contribution in [1.29, 1.82) is 0 Å². The van der Waals surface area contributed by atoms with Crippen LogP contribution in [-0.2, 0) is 14.3 Å². The van der Waals surface area contributed by atoms with E-state index in [0.29, 0.717) is 42.2 Å². The second-order valence-corrected chi connectivity index (χ2v) is 7.65. The standard InChI is InChI=1S/C24H30N4O5/c1-32-13-11-25-23(30)17-7-9-19(10-8-17)26-16-22(29)28-20-5-2-4-18(14-20)24(31)27-15-21-6-3-12-33-21/h2,4-5,7-10,14,21,26H,3,6,11-13,15-16H2,1H3,(H,25,30)(H,27,31)(H,28,29). The van der Waals surface area contributed by atoms with Crippen LogP contribution in [-0.4, -0.2) is 63.8 Å². The van der Waals surface area contributed by atoms with Crippen LogP contribution in [0.5, 0.6) is 0 Å². The average Bonchev–Trinajstić information content (AvgIpc) is 3.35. The molecule has 3 amide bonds. The van der Waals surface area contributed by atoms with Crippen molar-refractivity contribution >= 4 is 29.1 Å². The molecule has 1 aliphatic heterocycles. The van der Waals surface area contributed by atoms with E-state index in [1.807, 2.05) is 0 Å². The van der Waals surface area contributed by atoms with Crippen LogP contribution in [0.2, 0.25) is 0 Å². The van der Waals surface area contributed by atoms with Gasteiger partial charge in [-0.15, -0.1) is 0 Å². The zero-order valence-corrected chi connectivity index (χ0v) is 18.7. The van der Waals surface area contributed by atoms with Gasteiger partial charge < -0.3 is 30.7 Å². The number of rotatable bonds is 11. The minimum absolute atomic E-state index is 0.0365. The number of anilines is 2. The first-order valence-corrected chi connectivity index (χ1v) is 11.0. The van der Waals surface area contributed by atoms with Gasteiger partial charge in [-0.05, 0) is 55.3 Å². The van der Waals surface area contributed by atoms with E-state index in [-0.39, 0.29) is 30.4 Å². The Bertz CT molecular complexity index is 942. The number of benzene rings is 2. The molecule has 0 saturated carbocycles. The Balaban J connectivity index is 1.44. The molecule has 176 valence electrons. The normalized spacial score (nSPS) is 15.0. The van der Waals surface area contributed by atoms with Gasteiger partial charge in [-0.25, -0.2) is 0 Å². The largest absolute Gasteiger partial charge is 0.383 e. The molecule has 1 atom stereocenters. The van der Waals surface area contributed by atoms with E-state index in [2.05, 4.69) is 21.3 Å². The highest BCUT2D eigenvalue weighted by molar-refractivity contribution is 5.98. The number of hydrogen-bond acceptors (Lipinski definition) is 6. The Morgan fingerprint density at radius 1 is 1.00 bits per heavy atom. The molecule has 9 heteroatoms. The topological polar surface area (TPSA) is 118 Å². The fourth-order valence-corrected chi connectivity index (χ4v) is 3.35. The Kier molecular flexibility index (Phi) is 9.22. The van der Waals surface area contributed by atoms with Crippen molar-refractivity contribution in [3.05, 3.63) is 59.7 Å². The number of ether oxygens (including phenoxy) is 2. The van der Waals surface area contributed by atoms with E-state index < -0.39 is 0 Å². The molecule has 0 aliphatic carbocycles. The molecular formula is C24H30N4O5. The SMILES string of the molecule is COCCNC(=O)c1ccc(NCC(=O)Nc2cccc(C(=O)NCC3CCCO3)c2)cc1. The summed E-state index contributed by atoms with van der Waals surface area (Å²) < 4.78 is 10.4. The van der Waals surface area contributed by atoms with Crippen LogP contribution in [0.4, 0.5) is 11.4 Å². The van der Waals surface area contributed by atoms with Crippen LogP contribution in [0.25, 0.3) is 0 Å². The zero-order valence-electron chi connectivity index (χ0n) is 18.7. The van der Waals surface area contributed by atoms with Crippen molar-refractivity contribution in [3.8, 4) is 0 Å². The first kappa shape index (κ1) is 24.2. The summed E-state index contributed by atoms with van der Waals surface area (Å²) in [5.74, 6) is -0.643. The smallest absolute Gasteiger partial charge is 0.251 e. The van der Waals surface area contributed by atoms with Crippen LogP contribution >= 0.6 is 0 Å². The average molecular weight is 455 g/mol. The molecule has 1 fully saturated rings. The molecule has 4 N–H and O–H groups in total. The lowest BCUT2D eigenvalue weighted by Gasteiger charge is -2.12. The molecule has 0 radical (unpaired) electrons. The predicted molar refractivity (Wildman–Crippen MR) is 126 cm³/mol. The maximum atomic E-state index is 12.4. The second-order valence-electron chi connectivity index (χ2n) is 7.65. The molecule has 0 bridgehead atoms. The molecule has 1 aliphatic rings. The molecule has 3 rings (SSSR count). The van der Waals surface area contributed by atoms with Crippen molar-refractivity contribution in [1.82, 2.24) is 10.6 Å². The quantitative estimate of drug-likeness (QED) is 0.386. The number of carbonyl (C=O) groups excluding carboxylic acids is 3. The van der Waals surface area contributed by atoms with Crippen molar-refractivity contribution in [2.45, 2.75) is 18.9 Å². The van der Waals surface area contributed by atoms with E-state index >= 15 is 0 Å². The molecule has 0 aromatic heterocycles. The fourth-order valence-electron chi connectivity index (χ4n) is 3.35. The molecule has 0 spiro atoms. The highest BCUT2D eigenvalue weighted by Gasteiger charge is 2.17. The number of hydrogen-bond donors (Lipinski definition) is 4. The molecule has 33 heavy (non-hydrogen) atoms. The Morgan fingerprint density at radius 3 is 2.52 bits per heavy atom. The van der Waals surface area contributed by atoms with E-state index in [9.17, 15) is 14.4 Å². The lowest BCUT2D eigenvalue weighted by molar-refractivity contribution is -0.114. The Morgan fingerprint density at radius 2 is 1.79 bits per heavy atom. The van der Waals surface area contributed by atoms with Gasteiger partial charge in [0.2, 0.25) is 5.91 Å². The summed E-state index contributed by atoms with van der Waals surface area (Å²) in [6.45, 7) is 2.14. The molecular weight excluding hydrogens is 424 g/mol. The molecule has 2 aromatic rings. The fraction of sp³-hybridized carbons (Fsp3) is 0.375. The summed E-state index contributed by atoms with van der Waals surface area (Å²) >= 11 is 0. The molecule has 1 heterocycles. The van der Waals surface area contributed by atoms with Gasteiger partial charge in [0.05, 0.1) is 19.3 Å². The monoisotopic (exact) mass is 454 g/mol. The summed E-state index contributed by atoms with van der Waals surface area (Å²) in [6, 6.07) is 13.6. The van der Waals surface area contributed by atoms with Gasteiger partial charge in [0, 0.05) is 49.3 Å². The third kappa shape index (κ3) is 7.89. The summed E-state index contributed by atoms with van der Waals surface area (Å²) in [7, 11) is 1.57. The minimum Gasteiger partial charge on any atom is -0.383 e. The molecule has 1 unspecified atom stereocenters. The van der Waals surface area contributed by atoms with E-state index in [0.717, 1.165) is 19.4 Å². The van der Waals surface area contributed by atoms with Crippen LogP contribution in [0.1, 0.15) is 33.6 Å². The maximum Gasteiger partial charge on any atom is 0.251 e. The van der Waals surface area contributed by atoms with Crippen molar-refractivity contribution in [2.24, 2.45) is 0 Å². The van der Waals surface area contributed by atoms with Crippen LogP contribution in [0, 0.1) is 0 Å². The van der Waals surface area contributed by atoms with Crippen LogP contribution < -0.4 is 21.3 Å². The molecule has 2 aromatic carbocycles. The zero-order chi connectivity index (χ0) is 23.5. The third-order valence-corrected chi connectivity index (χ3v) is 5.11. The van der Waals surface area contributed by atoms with Crippen LogP contribution in [0.15, 0.2) is 48.5 Å². The highest BCUT2D eigenvalue weighted by Crippen LogP contribution is 2.14. The first-order chi connectivity index (χ1) is 16.0. The van der Waals surface area contributed by atoms with Gasteiger partial charge in [0.25, 0.3) is 11.8 Å². The number of methoxy groups -OCH3 is 1. The molecule has 1 saturated heterocycles. The lowest BCUT2D eigenvalue weighted by atomic mass is 10.1. The number of carbonyl (C=O) groups is 3. The number of nitrogens with one attached hydrogen (secondary N) is 4. The van der Waals surface area contributed by atoms with Gasteiger partial charge in [-0.2, -0.15) is 0 Å². The van der Waals surface area contributed by atoms with Gasteiger partial charge in [-0.1, -0.05) is 6.07 Å². The van der Waals surface area contributed by atoms with E-state index in [4.69, 9.17) is 9.47 Å². The maximum absolute atomic E-state index is 12.4. The van der Waals surface area contributed by atoms with Gasteiger partial charge in [0.15, 0.2) is 0 Å². The van der Waals surface area contributed by atoms with Gasteiger partial charge in [0.1, 0.15) is 0 Å². The predicted octanol–water partition coefficient (Wildman–Crippen LogP) is 2.02. The second kappa shape index (κ2) is 12.6. The lowest BCUT2D eigenvalue weighted by Crippen LogP contribution is -2.31. The Hall–Kier alpha value is -3.43. The molecule has 9 nitrogen and oxygen atoms in total. The minimum atomic E-state index is -0.256. The van der Waals surface area contributed by atoms with Crippen molar-refractivity contribution in [2.75, 3.05) is 50.6 Å². The third-order valence-electron chi connectivity index (χ3n) is 5.11. The summed E-state index contributed by atoms with van der Waals surface area (Å²) in [5.41, 5.74) is 2.24. The summed E-state index contributed by atoms with van der Waals surface area (Å²) in [5, 5.41) is 11.4. The van der Waals surface area contributed by atoms with Gasteiger partial charge >= 0.3 is 0 Å². The van der Waals surface area contributed by atoms with Crippen molar-refractivity contribution < 1.29 is 23.9 Å². The van der Waals surface area contributed by atoms with Gasteiger partial charge in [-0.3, -0.25) is 14.4 Å². The summed E-state index contributed by atoms with van der Waals surface area (Å²) in [4.78, 5) is 36.7. The summed E-state index contributed by atoms with van der Waals surface area (Å²) in [6.07, 6.45) is 2.04. The van der Waals surface area contributed by atoms with E-state index in [1.165, 1.54) is 0 Å². The first-order valence-electron chi connectivity index (χ1n) is 11.0. The van der Waals surface area contributed by atoms with E-state index in [1.54, 1.807) is 55.6 Å². The highest BCUT2D eigenvalue weighted by atomic mass is 16.5. The number of amides is 3.